The van der Waals surface area contributed by atoms with Crippen LogP contribution in [0.25, 0.3) is 0 Å². The van der Waals surface area contributed by atoms with Gasteiger partial charge in [-0.1, -0.05) is 35.3 Å². The second-order valence-electron chi connectivity index (χ2n) is 7.88. The zero-order valence-corrected chi connectivity index (χ0v) is 22.9. The fourth-order valence-corrected chi connectivity index (χ4v) is 4.17. The molecule has 2 N–H and O–H groups in total. The first kappa shape index (κ1) is 27.5. The Bertz CT molecular complexity index is 1310. The predicted octanol–water partition coefficient (Wildman–Crippen LogP) is 6.44. The molecule has 0 aliphatic rings. The molecule has 0 saturated carbocycles. The van der Waals surface area contributed by atoms with Crippen LogP contribution in [0.1, 0.15) is 28.7 Å². The summed E-state index contributed by atoms with van der Waals surface area (Å²) >= 11 is 15.6. The Morgan fingerprint density at radius 1 is 1.03 bits per heavy atom. The molecular formula is C26H24BrCl2N3O4. The SMILES string of the molecule is COc1cc(C=NNC(=O)CC(=O)Nc2ccc(C)c(C)c2)cc(Br)c1OCc1ccc(Cl)cc1Cl. The van der Waals surface area contributed by atoms with Crippen LogP contribution in [-0.2, 0) is 16.2 Å². The Labute approximate surface area is 227 Å². The number of amides is 2. The summed E-state index contributed by atoms with van der Waals surface area (Å²) in [5.74, 6) is -0.0428. The molecule has 3 rings (SSSR count). The number of benzene rings is 3. The molecule has 0 aromatic heterocycles. The second kappa shape index (κ2) is 12.8. The molecule has 0 heterocycles. The number of nitrogens with zero attached hydrogens (tertiary/aromatic N) is 1. The van der Waals surface area contributed by atoms with E-state index >= 15 is 0 Å². The van der Waals surface area contributed by atoms with E-state index in [-0.39, 0.29) is 13.0 Å². The number of nitrogens with one attached hydrogen (secondary N) is 2. The molecule has 7 nitrogen and oxygen atoms in total. The summed E-state index contributed by atoms with van der Waals surface area (Å²) in [5.41, 5.74) is 6.56. The molecule has 10 heteroatoms. The Balaban J connectivity index is 1.58. The van der Waals surface area contributed by atoms with Crippen molar-refractivity contribution in [1.82, 2.24) is 5.43 Å². The minimum atomic E-state index is -0.543. The smallest absolute Gasteiger partial charge is 0.249 e. The number of carbonyl (C=O) groups excluding carboxylic acids is 2. The van der Waals surface area contributed by atoms with Crippen molar-refractivity contribution in [2.24, 2.45) is 5.10 Å². The molecule has 0 atom stereocenters. The van der Waals surface area contributed by atoms with Gasteiger partial charge in [0.15, 0.2) is 11.5 Å². The van der Waals surface area contributed by atoms with Crippen molar-refractivity contribution in [2.45, 2.75) is 26.9 Å². The lowest BCUT2D eigenvalue weighted by atomic mass is 10.1. The van der Waals surface area contributed by atoms with Gasteiger partial charge in [-0.25, -0.2) is 5.43 Å². The number of aryl methyl sites for hydroxylation is 2. The van der Waals surface area contributed by atoms with Crippen LogP contribution in [-0.4, -0.2) is 25.1 Å². The Morgan fingerprint density at radius 2 is 1.81 bits per heavy atom. The first-order valence-electron chi connectivity index (χ1n) is 10.8. The van der Waals surface area contributed by atoms with Crippen molar-refractivity contribution in [3.05, 3.63) is 85.3 Å². The van der Waals surface area contributed by atoms with Gasteiger partial charge in [0.1, 0.15) is 13.0 Å². The number of rotatable bonds is 9. The molecule has 0 fully saturated rings. The molecule has 0 radical (unpaired) electrons. The van der Waals surface area contributed by atoms with Gasteiger partial charge in [0.2, 0.25) is 11.8 Å². The molecule has 0 bridgehead atoms. The average molecular weight is 593 g/mol. The van der Waals surface area contributed by atoms with Crippen molar-refractivity contribution in [3.63, 3.8) is 0 Å². The van der Waals surface area contributed by atoms with Crippen molar-refractivity contribution in [3.8, 4) is 11.5 Å². The highest BCUT2D eigenvalue weighted by molar-refractivity contribution is 9.10. The fraction of sp³-hybridized carbons (Fsp3) is 0.192. The summed E-state index contributed by atoms with van der Waals surface area (Å²) in [6, 6.07) is 14.2. The molecule has 3 aromatic carbocycles. The Kier molecular flexibility index (Phi) is 9.75. The maximum absolute atomic E-state index is 12.1. The molecule has 3 aromatic rings. The van der Waals surface area contributed by atoms with Crippen LogP contribution in [0.3, 0.4) is 0 Å². The highest BCUT2D eigenvalue weighted by Crippen LogP contribution is 2.37. The van der Waals surface area contributed by atoms with Gasteiger partial charge < -0.3 is 14.8 Å². The number of ether oxygens (including phenoxy) is 2. The van der Waals surface area contributed by atoms with Gasteiger partial charge in [-0.2, -0.15) is 5.10 Å². The van der Waals surface area contributed by atoms with Crippen LogP contribution in [0, 0.1) is 13.8 Å². The van der Waals surface area contributed by atoms with Crippen LogP contribution in [0.2, 0.25) is 10.0 Å². The molecule has 2 amide bonds. The number of anilines is 1. The third-order valence-electron chi connectivity index (χ3n) is 5.15. The summed E-state index contributed by atoms with van der Waals surface area (Å²) in [6.45, 7) is 4.14. The maximum atomic E-state index is 12.1. The van der Waals surface area contributed by atoms with Crippen LogP contribution in [0.5, 0.6) is 11.5 Å². The van der Waals surface area contributed by atoms with Crippen LogP contribution in [0.4, 0.5) is 5.69 Å². The highest BCUT2D eigenvalue weighted by Gasteiger charge is 2.13. The average Bonchev–Trinajstić information content (AvgIpc) is 2.81. The first-order chi connectivity index (χ1) is 17.2. The highest BCUT2D eigenvalue weighted by atomic mass is 79.9. The van der Waals surface area contributed by atoms with Gasteiger partial charge in [-0.3, -0.25) is 9.59 Å². The number of methoxy groups -OCH3 is 1. The second-order valence-corrected chi connectivity index (χ2v) is 9.57. The van der Waals surface area contributed by atoms with Gasteiger partial charge >= 0.3 is 0 Å². The molecule has 36 heavy (non-hydrogen) atoms. The van der Waals surface area contributed by atoms with E-state index < -0.39 is 11.8 Å². The van der Waals surface area contributed by atoms with Crippen molar-refractivity contribution >= 4 is 62.8 Å². The third-order valence-corrected chi connectivity index (χ3v) is 6.33. The van der Waals surface area contributed by atoms with Crippen LogP contribution in [0.15, 0.2) is 58.1 Å². The third kappa shape index (κ3) is 7.71. The van der Waals surface area contributed by atoms with E-state index in [1.807, 2.05) is 26.0 Å². The normalized spacial score (nSPS) is 10.8. The number of hydrogen-bond donors (Lipinski definition) is 2. The van der Waals surface area contributed by atoms with Crippen molar-refractivity contribution < 1.29 is 19.1 Å². The van der Waals surface area contributed by atoms with E-state index in [4.69, 9.17) is 32.7 Å². The summed E-state index contributed by atoms with van der Waals surface area (Å²) < 4.78 is 12.0. The maximum Gasteiger partial charge on any atom is 0.249 e. The largest absolute Gasteiger partial charge is 0.493 e. The first-order valence-corrected chi connectivity index (χ1v) is 12.3. The van der Waals surface area contributed by atoms with E-state index in [2.05, 4.69) is 31.8 Å². The number of hydrogen-bond acceptors (Lipinski definition) is 5. The molecule has 0 unspecified atom stereocenters. The predicted molar refractivity (Wildman–Crippen MR) is 146 cm³/mol. The molecular weight excluding hydrogens is 569 g/mol. The van der Waals surface area contributed by atoms with Gasteiger partial charge in [-0.15, -0.1) is 0 Å². The number of carbonyl (C=O) groups is 2. The van der Waals surface area contributed by atoms with E-state index in [1.165, 1.54) is 13.3 Å². The summed E-state index contributed by atoms with van der Waals surface area (Å²) in [5, 5.41) is 7.68. The van der Waals surface area contributed by atoms with Crippen LogP contribution >= 0.6 is 39.1 Å². The Hall–Kier alpha value is -3.07. The minimum Gasteiger partial charge on any atom is -0.493 e. The number of hydrazone groups is 1. The minimum absolute atomic E-state index is 0.207. The molecule has 0 spiro atoms. The van der Waals surface area contributed by atoms with E-state index in [0.717, 1.165) is 16.7 Å². The topological polar surface area (TPSA) is 89.0 Å². The fourth-order valence-electron chi connectivity index (χ4n) is 3.13. The lowest BCUT2D eigenvalue weighted by molar-refractivity contribution is -0.126. The molecule has 188 valence electrons. The zero-order valence-electron chi connectivity index (χ0n) is 19.8. The van der Waals surface area contributed by atoms with Crippen LogP contribution < -0.4 is 20.2 Å². The van der Waals surface area contributed by atoms with Gasteiger partial charge in [0.05, 0.1) is 17.8 Å². The zero-order chi connectivity index (χ0) is 26.2. The van der Waals surface area contributed by atoms with Crippen molar-refractivity contribution in [1.29, 1.82) is 0 Å². The summed E-state index contributed by atoms with van der Waals surface area (Å²) in [4.78, 5) is 24.3. The van der Waals surface area contributed by atoms with Gasteiger partial charge in [0.25, 0.3) is 0 Å². The van der Waals surface area contributed by atoms with Gasteiger partial charge in [-0.05, 0) is 82.9 Å². The molecule has 0 aliphatic carbocycles. The summed E-state index contributed by atoms with van der Waals surface area (Å²) in [7, 11) is 1.51. The van der Waals surface area contributed by atoms with Gasteiger partial charge in [0, 0.05) is 21.3 Å². The standard InChI is InChI=1S/C26H24BrCl2N3O4/c1-15-4-7-20(8-16(15)2)31-24(33)12-25(34)32-30-13-17-9-21(27)26(23(10-17)35-3)36-14-18-5-6-19(28)11-22(18)29/h4-11,13H,12,14H2,1-3H3,(H,31,33)(H,32,34). The number of halogens is 3. The lowest BCUT2D eigenvalue weighted by Crippen LogP contribution is -2.24. The van der Waals surface area contributed by atoms with E-state index in [0.29, 0.717) is 37.3 Å². The quantitative estimate of drug-likeness (QED) is 0.170. The van der Waals surface area contributed by atoms with E-state index in [9.17, 15) is 9.59 Å². The van der Waals surface area contributed by atoms with E-state index in [1.54, 1.807) is 36.4 Å². The summed E-state index contributed by atoms with van der Waals surface area (Å²) in [6.07, 6.45) is 1.07. The molecule has 0 aliphatic heterocycles. The monoisotopic (exact) mass is 591 g/mol. The lowest BCUT2D eigenvalue weighted by Gasteiger charge is -2.14. The molecule has 0 saturated heterocycles. The van der Waals surface area contributed by atoms with Crippen molar-refractivity contribution in [2.75, 3.05) is 12.4 Å². The Morgan fingerprint density at radius 3 is 2.50 bits per heavy atom.